The number of benzene rings is 1. The second-order valence-electron chi connectivity index (χ2n) is 5.24. The zero-order valence-corrected chi connectivity index (χ0v) is 13.8. The van der Waals surface area contributed by atoms with Gasteiger partial charge in [-0.1, -0.05) is 11.6 Å². The fourth-order valence-corrected chi connectivity index (χ4v) is 2.96. The number of hydrogen-bond donors (Lipinski definition) is 3. The average Bonchev–Trinajstić information content (AvgIpc) is 2.85. The van der Waals surface area contributed by atoms with Crippen LogP contribution in [0.4, 0.5) is 16.5 Å². The van der Waals surface area contributed by atoms with E-state index in [9.17, 15) is 5.11 Å². The van der Waals surface area contributed by atoms with Gasteiger partial charge in [0.15, 0.2) is 16.6 Å². The first-order valence-electron chi connectivity index (χ1n) is 7.03. The first kappa shape index (κ1) is 15.4. The molecule has 1 saturated heterocycles. The Morgan fingerprint density at radius 3 is 2.55 bits per heavy atom. The number of nitrogens with zero attached hydrogens (tertiary/aromatic N) is 3. The molecule has 1 aromatic heterocycles. The number of rotatable bonds is 4. The number of likely N-dealkylation sites (N-methyl/N-ethyl adjacent to an activating group) is 1. The fourth-order valence-electron chi connectivity index (χ4n) is 2.17. The minimum absolute atomic E-state index is 0.138. The second kappa shape index (κ2) is 6.70. The molecule has 0 atom stereocenters. The number of halogens is 1. The maximum atomic E-state index is 10.3. The molecule has 3 N–H and O–H groups in total. The summed E-state index contributed by atoms with van der Waals surface area (Å²) in [6.07, 6.45) is 0. The van der Waals surface area contributed by atoms with Crippen molar-refractivity contribution in [3.8, 4) is 5.75 Å². The molecular weight excluding hydrogens is 322 g/mol. The number of piperazine rings is 1. The smallest absolute Gasteiger partial charge is 0.198 e. The lowest BCUT2D eigenvalue weighted by Crippen LogP contribution is -2.46. The van der Waals surface area contributed by atoms with Crippen molar-refractivity contribution in [1.29, 1.82) is 0 Å². The highest BCUT2D eigenvalue weighted by atomic mass is 35.5. The van der Waals surface area contributed by atoms with Crippen LogP contribution in [0, 0.1) is 0 Å². The molecule has 1 aliphatic heterocycles. The molecule has 2 aromatic rings. The zero-order valence-electron chi connectivity index (χ0n) is 12.2. The first-order valence-corrected chi connectivity index (χ1v) is 8.18. The molecule has 0 radical (unpaired) electrons. The van der Waals surface area contributed by atoms with E-state index >= 15 is 0 Å². The number of hydrogen-bond acceptors (Lipinski definition) is 7. The summed E-state index contributed by atoms with van der Waals surface area (Å²) in [5, 5.41) is 16.8. The van der Waals surface area contributed by atoms with Crippen molar-refractivity contribution < 1.29 is 5.11 Å². The molecule has 0 bridgehead atoms. The molecule has 0 spiro atoms. The molecule has 0 unspecified atom stereocenters. The number of aromatic nitrogens is 1. The predicted octanol–water partition coefficient (Wildman–Crippen LogP) is 2.82. The molecule has 0 amide bonds. The maximum Gasteiger partial charge on any atom is 0.198 e. The molecule has 0 aliphatic carbocycles. The van der Waals surface area contributed by atoms with Crippen LogP contribution in [0.3, 0.4) is 0 Å². The summed E-state index contributed by atoms with van der Waals surface area (Å²) in [5.41, 5.74) is 4.04. The van der Waals surface area contributed by atoms with Gasteiger partial charge in [-0.3, -0.25) is 5.43 Å². The average molecular weight is 340 g/mol. The predicted molar refractivity (Wildman–Crippen MR) is 91.2 cm³/mol. The van der Waals surface area contributed by atoms with Gasteiger partial charge in [0, 0.05) is 36.9 Å². The highest BCUT2D eigenvalue weighted by Gasteiger charge is 2.18. The molecular formula is C14H18ClN5OS. The van der Waals surface area contributed by atoms with Crippen molar-refractivity contribution in [3.05, 3.63) is 29.3 Å². The van der Waals surface area contributed by atoms with Crippen LogP contribution >= 0.6 is 23.1 Å². The largest absolute Gasteiger partial charge is 0.502 e. The Morgan fingerprint density at radius 2 is 1.86 bits per heavy atom. The van der Waals surface area contributed by atoms with Crippen molar-refractivity contribution in [3.63, 3.8) is 0 Å². The third-order valence-electron chi connectivity index (χ3n) is 3.54. The minimum Gasteiger partial charge on any atom is -0.502 e. The van der Waals surface area contributed by atoms with Crippen molar-refractivity contribution in [2.75, 3.05) is 44.0 Å². The Bertz CT molecular complexity index is 625. The number of aromatic hydroxyl groups is 1. The lowest BCUT2D eigenvalue weighted by Gasteiger charge is -2.32. The van der Waals surface area contributed by atoms with Gasteiger partial charge < -0.3 is 15.3 Å². The van der Waals surface area contributed by atoms with E-state index in [0.29, 0.717) is 15.8 Å². The quantitative estimate of drug-likeness (QED) is 0.796. The zero-order chi connectivity index (χ0) is 15.5. The van der Waals surface area contributed by atoms with E-state index in [-0.39, 0.29) is 5.75 Å². The van der Waals surface area contributed by atoms with Gasteiger partial charge in [0.05, 0.1) is 0 Å². The lowest BCUT2D eigenvalue weighted by atomic mass is 10.3. The van der Waals surface area contributed by atoms with Gasteiger partial charge in [0.25, 0.3) is 0 Å². The monoisotopic (exact) mass is 339 g/mol. The Labute approximate surface area is 138 Å². The summed E-state index contributed by atoms with van der Waals surface area (Å²) in [6, 6.07) is 7.31. The normalized spacial score (nSPS) is 16.6. The van der Waals surface area contributed by atoms with Crippen molar-refractivity contribution >= 4 is 39.6 Å². The number of hydrazine groups is 1. The van der Waals surface area contributed by atoms with Gasteiger partial charge >= 0.3 is 0 Å². The van der Waals surface area contributed by atoms with Gasteiger partial charge in [-0.2, -0.15) is 4.37 Å². The first-order chi connectivity index (χ1) is 10.6. The third kappa shape index (κ3) is 3.61. The van der Waals surface area contributed by atoms with Crippen LogP contribution in [-0.2, 0) is 0 Å². The standard InChI is InChI=1S/C14H18ClN5OS/c1-19-6-8-20(9-7-19)17-13-12(21)14(22-18-13)16-11-4-2-10(15)3-5-11/h2-5,16,21H,6-9H2,1H3,(H,17,18). The van der Waals surface area contributed by atoms with Gasteiger partial charge in [-0.05, 0) is 42.8 Å². The van der Waals surface area contributed by atoms with Crippen LogP contribution in [0.25, 0.3) is 0 Å². The van der Waals surface area contributed by atoms with Gasteiger partial charge in [-0.25, -0.2) is 5.01 Å². The van der Waals surface area contributed by atoms with E-state index in [4.69, 9.17) is 11.6 Å². The summed E-state index contributed by atoms with van der Waals surface area (Å²) in [5.74, 6) is 0.630. The highest BCUT2D eigenvalue weighted by Crippen LogP contribution is 2.38. The highest BCUT2D eigenvalue weighted by molar-refractivity contribution is 7.11. The molecule has 1 aromatic carbocycles. The van der Waals surface area contributed by atoms with Crippen molar-refractivity contribution in [2.45, 2.75) is 0 Å². The van der Waals surface area contributed by atoms with E-state index in [1.807, 2.05) is 12.1 Å². The Hall–Kier alpha value is -1.54. The summed E-state index contributed by atoms with van der Waals surface area (Å²) in [4.78, 5) is 2.27. The Morgan fingerprint density at radius 1 is 1.18 bits per heavy atom. The van der Waals surface area contributed by atoms with Crippen LogP contribution in [0.2, 0.25) is 5.02 Å². The van der Waals surface area contributed by atoms with E-state index in [2.05, 4.69) is 32.1 Å². The van der Waals surface area contributed by atoms with Crippen molar-refractivity contribution in [2.24, 2.45) is 0 Å². The van der Waals surface area contributed by atoms with Crippen LogP contribution in [0.1, 0.15) is 0 Å². The van der Waals surface area contributed by atoms with E-state index in [1.54, 1.807) is 12.1 Å². The fraction of sp³-hybridized carbons (Fsp3) is 0.357. The second-order valence-corrected chi connectivity index (χ2v) is 6.45. The molecule has 118 valence electrons. The summed E-state index contributed by atoms with van der Waals surface area (Å²) < 4.78 is 4.28. The summed E-state index contributed by atoms with van der Waals surface area (Å²) in [6.45, 7) is 3.78. The molecule has 0 saturated carbocycles. The minimum atomic E-state index is 0.138. The van der Waals surface area contributed by atoms with Crippen molar-refractivity contribution in [1.82, 2.24) is 14.3 Å². The van der Waals surface area contributed by atoms with Gasteiger partial charge in [-0.15, -0.1) is 0 Å². The van der Waals surface area contributed by atoms with Crippen LogP contribution in [0.5, 0.6) is 5.75 Å². The molecule has 1 fully saturated rings. The third-order valence-corrected chi connectivity index (χ3v) is 4.54. The Kier molecular flexibility index (Phi) is 4.68. The van der Waals surface area contributed by atoms with Crippen LogP contribution in [-0.4, -0.2) is 52.6 Å². The molecule has 2 heterocycles. The van der Waals surface area contributed by atoms with E-state index in [1.165, 1.54) is 11.5 Å². The molecule has 3 rings (SSSR count). The summed E-state index contributed by atoms with van der Waals surface area (Å²) >= 11 is 7.08. The topological polar surface area (TPSA) is 63.7 Å². The molecule has 22 heavy (non-hydrogen) atoms. The number of nitrogens with one attached hydrogen (secondary N) is 2. The molecule has 6 nitrogen and oxygen atoms in total. The van der Waals surface area contributed by atoms with E-state index < -0.39 is 0 Å². The van der Waals surface area contributed by atoms with Gasteiger partial charge in [0.2, 0.25) is 0 Å². The lowest BCUT2D eigenvalue weighted by molar-refractivity contribution is 0.178. The van der Waals surface area contributed by atoms with Gasteiger partial charge in [0.1, 0.15) is 0 Å². The number of anilines is 3. The molecule has 1 aliphatic rings. The van der Waals surface area contributed by atoms with E-state index in [0.717, 1.165) is 31.9 Å². The molecule has 8 heteroatoms. The van der Waals surface area contributed by atoms with Crippen LogP contribution in [0.15, 0.2) is 24.3 Å². The summed E-state index contributed by atoms with van der Waals surface area (Å²) in [7, 11) is 2.10. The maximum absolute atomic E-state index is 10.3. The SMILES string of the molecule is CN1CCN(Nc2nsc(Nc3ccc(Cl)cc3)c2O)CC1. The van der Waals surface area contributed by atoms with Crippen LogP contribution < -0.4 is 10.7 Å². The Balaban J connectivity index is 1.65.